The maximum atomic E-state index is 13.0. The minimum atomic E-state index is -0.845. The van der Waals surface area contributed by atoms with Crippen LogP contribution in [0.2, 0.25) is 0 Å². The van der Waals surface area contributed by atoms with Crippen LogP contribution in [0.15, 0.2) is 60.7 Å². The molecule has 2 aromatic rings. The molecule has 0 heterocycles. The number of hydrogen-bond donors (Lipinski definition) is 10. The number of primary amides is 1. The first-order chi connectivity index (χ1) is 21.5. The third kappa shape index (κ3) is 15.8. The van der Waals surface area contributed by atoms with Crippen LogP contribution in [0.5, 0.6) is 0 Å². The molecule has 0 saturated heterocycles. The molecule has 0 aliphatic rings. The van der Waals surface area contributed by atoms with E-state index in [4.69, 9.17) is 11.5 Å². The number of urea groups is 4. The van der Waals surface area contributed by atoms with Crippen LogP contribution in [-0.2, 0) is 17.6 Å². The lowest BCUT2D eigenvalue weighted by Gasteiger charge is -2.23. The summed E-state index contributed by atoms with van der Waals surface area (Å²) < 4.78 is 0. The lowest BCUT2D eigenvalue weighted by Crippen LogP contribution is -2.55. The molecule has 0 spiro atoms. The van der Waals surface area contributed by atoms with Gasteiger partial charge in [0.25, 0.3) is 0 Å². The molecular weight excluding hydrogens is 580 g/mol. The van der Waals surface area contributed by atoms with Gasteiger partial charge in [-0.25, -0.2) is 19.2 Å². The normalized spacial score (nSPS) is 13.1. The molecule has 0 radical (unpaired) electrons. The van der Waals surface area contributed by atoms with Gasteiger partial charge in [0.2, 0.25) is 5.91 Å². The highest BCUT2D eigenvalue weighted by molar-refractivity contribution is 5.85. The molecule has 0 aromatic heterocycles. The Kier molecular flexibility index (Phi) is 16.1. The number of carbonyl (C=O) groups excluding carboxylic acids is 5. The molecule has 0 saturated carbocycles. The lowest BCUT2D eigenvalue weighted by atomic mass is 10.1. The van der Waals surface area contributed by atoms with Crippen molar-refractivity contribution in [2.45, 2.75) is 50.9 Å². The summed E-state index contributed by atoms with van der Waals surface area (Å²) in [5.41, 5.74) is 12.5. The molecule has 12 N–H and O–H groups in total. The maximum Gasteiger partial charge on any atom is 0.315 e. The fourth-order valence-electron chi connectivity index (χ4n) is 4.13. The second-order valence-electron chi connectivity index (χ2n) is 10.6. The fraction of sp³-hybridized carbons (Fsp3) is 0.433. The molecule has 15 heteroatoms. The van der Waals surface area contributed by atoms with Gasteiger partial charge in [0.1, 0.15) is 6.04 Å². The number of carbonyl (C=O) groups is 5. The van der Waals surface area contributed by atoms with Gasteiger partial charge in [-0.1, -0.05) is 60.7 Å². The van der Waals surface area contributed by atoms with Crippen molar-refractivity contribution in [1.82, 2.24) is 42.5 Å². The van der Waals surface area contributed by atoms with E-state index in [-0.39, 0.29) is 25.7 Å². The first kappa shape index (κ1) is 36.1. The summed E-state index contributed by atoms with van der Waals surface area (Å²) in [5.74, 6) is -0.670. The molecule has 0 aliphatic heterocycles. The first-order valence-corrected chi connectivity index (χ1v) is 14.8. The molecular formula is C30H46N10O5. The minimum absolute atomic E-state index is 0.100. The Bertz CT molecular complexity index is 1220. The molecule has 246 valence electrons. The highest BCUT2D eigenvalue weighted by Gasteiger charge is 2.19. The standard InChI is InChI=1S/C30H46N10O5/c1-20(37-30(45)38-21(2)26(32)41)17-34-28(43)39-25(16-23-11-7-4-8-12-23)19-36-29(44)40-24(15-22-9-5-3-6-10-22)18-35-27(42)33-14-13-31/h3-12,20-21,24-25H,13-19,31H2,1-2H3,(H2,32,41)(H2,33,35,42)(H2,34,39,43)(H2,36,40,44)(H2,37,38,45)/t20-,21-,24-,25-/m0/s1. The highest BCUT2D eigenvalue weighted by Crippen LogP contribution is 2.05. The van der Waals surface area contributed by atoms with E-state index in [1.54, 1.807) is 6.92 Å². The first-order valence-electron chi connectivity index (χ1n) is 14.8. The summed E-state index contributed by atoms with van der Waals surface area (Å²) in [4.78, 5) is 60.9. The minimum Gasteiger partial charge on any atom is -0.368 e. The van der Waals surface area contributed by atoms with E-state index >= 15 is 0 Å². The third-order valence-electron chi connectivity index (χ3n) is 6.49. The number of amides is 9. The molecule has 4 atom stereocenters. The zero-order chi connectivity index (χ0) is 33.0. The summed E-state index contributed by atoms with van der Waals surface area (Å²) in [6, 6.07) is 14.9. The Labute approximate surface area is 263 Å². The Morgan fingerprint density at radius 2 is 1.07 bits per heavy atom. The van der Waals surface area contributed by atoms with Crippen LogP contribution in [0.25, 0.3) is 0 Å². The zero-order valence-electron chi connectivity index (χ0n) is 25.7. The van der Waals surface area contributed by atoms with Gasteiger partial charge in [-0.05, 0) is 37.8 Å². The average Bonchev–Trinajstić information content (AvgIpc) is 3.01. The van der Waals surface area contributed by atoms with E-state index in [1.165, 1.54) is 6.92 Å². The fourth-order valence-corrected chi connectivity index (χ4v) is 4.13. The number of rotatable bonds is 17. The predicted molar refractivity (Wildman–Crippen MR) is 171 cm³/mol. The van der Waals surface area contributed by atoms with Crippen molar-refractivity contribution in [3.05, 3.63) is 71.8 Å². The molecule has 0 fully saturated rings. The third-order valence-corrected chi connectivity index (χ3v) is 6.49. The Hall–Kier alpha value is -5.05. The second-order valence-corrected chi connectivity index (χ2v) is 10.6. The van der Waals surface area contributed by atoms with Crippen molar-refractivity contribution in [1.29, 1.82) is 0 Å². The smallest absolute Gasteiger partial charge is 0.315 e. The van der Waals surface area contributed by atoms with Gasteiger partial charge in [0, 0.05) is 38.8 Å². The quantitative estimate of drug-likeness (QED) is 0.112. The van der Waals surface area contributed by atoms with Crippen molar-refractivity contribution in [2.75, 3.05) is 32.7 Å². The molecule has 9 amide bonds. The molecule has 0 unspecified atom stereocenters. The average molecular weight is 627 g/mol. The van der Waals surface area contributed by atoms with E-state index < -0.39 is 48.2 Å². The van der Waals surface area contributed by atoms with Gasteiger partial charge < -0.3 is 54.0 Å². The predicted octanol–water partition coefficient (Wildman–Crippen LogP) is -0.373. The molecule has 2 rings (SSSR count). The number of nitrogens with one attached hydrogen (secondary N) is 8. The number of nitrogens with two attached hydrogens (primary N) is 2. The van der Waals surface area contributed by atoms with Gasteiger partial charge in [0.05, 0.1) is 12.1 Å². The van der Waals surface area contributed by atoms with Crippen LogP contribution in [0.1, 0.15) is 25.0 Å². The summed E-state index contributed by atoms with van der Waals surface area (Å²) in [6.45, 7) is 4.17. The second kappa shape index (κ2) is 20.0. The van der Waals surface area contributed by atoms with E-state index in [0.29, 0.717) is 25.9 Å². The van der Waals surface area contributed by atoms with Gasteiger partial charge in [-0.3, -0.25) is 4.79 Å². The van der Waals surface area contributed by atoms with Gasteiger partial charge in [-0.15, -0.1) is 0 Å². The monoisotopic (exact) mass is 626 g/mol. The van der Waals surface area contributed by atoms with E-state index in [0.717, 1.165) is 11.1 Å². The van der Waals surface area contributed by atoms with E-state index in [2.05, 4.69) is 42.5 Å². The largest absolute Gasteiger partial charge is 0.368 e. The van der Waals surface area contributed by atoms with Crippen LogP contribution < -0.4 is 54.0 Å². The molecule has 45 heavy (non-hydrogen) atoms. The van der Waals surface area contributed by atoms with Gasteiger partial charge in [-0.2, -0.15) is 0 Å². The number of benzene rings is 2. The topological polar surface area (TPSA) is 234 Å². The Morgan fingerprint density at radius 3 is 1.53 bits per heavy atom. The Balaban J connectivity index is 1.95. The molecule has 0 aliphatic carbocycles. The van der Waals surface area contributed by atoms with Crippen LogP contribution in [0.3, 0.4) is 0 Å². The summed E-state index contributed by atoms with van der Waals surface area (Å²) >= 11 is 0. The van der Waals surface area contributed by atoms with Crippen LogP contribution >= 0.6 is 0 Å². The van der Waals surface area contributed by atoms with Gasteiger partial charge >= 0.3 is 24.1 Å². The molecule has 2 aromatic carbocycles. The van der Waals surface area contributed by atoms with Crippen molar-refractivity contribution in [3.8, 4) is 0 Å². The van der Waals surface area contributed by atoms with Crippen molar-refractivity contribution in [2.24, 2.45) is 11.5 Å². The van der Waals surface area contributed by atoms with Crippen LogP contribution in [0.4, 0.5) is 19.2 Å². The highest BCUT2D eigenvalue weighted by atomic mass is 16.2. The van der Waals surface area contributed by atoms with E-state index in [9.17, 15) is 24.0 Å². The van der Waals surface area contributed by atoms with Crippen molar-refractivity contribution < 1.29 is 24.0 Å². The van der Waals surface area contributed by atoms with Crippen molar-refractivity contribution >= 4 is 30.0 Å². The zero-order valence-corrected chi connectivity index (χ0v) is 25.7. The summed E-state index contributed by atoms with van der Waals surface area (Å²) in [7, 11) is 0. The van der Waals surface area contributed by atoms with Crippen molar-refractivity contribution in [3.63, 3.8) is 0 Å². The molecule has 15 nitrogen and oxygen atoms in total. The van der Waals surface area contributed by atoms with Crippen LogP contribution in [0, 0.1) is 0 Å². The van der Waals surface area contributed by atoms with Crippen LogP contribution in [-0.4, -0.2) is 86.9 Å². The molecule has 0 bridgehead atoms. The summed E-state index contributed by atoms with van der Waals surface area (Å²) in [5, 5.41) is 21.7. The maximum absolute atomic E-state index is 13.0. The Morgan fingerprint density at radius 1 is 0.600 bits per heavy atom. The summed E-state index contributed by atoms with van der Waals surface area (Å²) in [6.07, 6.45) is 0.914. The van der Waals surface area contributed by atoms with Gasteiger partial charge in [0.15, 0.2) is 0 Å². The number of hydrogen-bond acceptors (Lipinski definition) is 6. The van der Waals surface area contributed by atoms with E-state index in [1.807, 2.05) is 60.7 Å². The SMILES string of the molecule is C[C@H](NC(=O)N[C@@H](C)CNC(=O)N[C@H](CNC(=O)N[C@H](CNC(=O)NCCN)Cc1ccccc1)Cc1ccccc1)C(N)=O. The lowest BCUT2D eigenvalue weighted by molar-refractivity contribution is -0.119.